The molecule has 0 aliphatic rings. The van der Waals surface area contributed by atoms with E-state index in [1.807, 2.05) is 42.3 Å². The smallest absolute Gasteiger partial charge is 0.432 e. The lowest BCUT2D eigenvalue weighted by atomic mass is 10.3. The fourth-order valence-electron chi connectivity index (χ4n) is 1.78. The van der Waals surface area contributed by atoms with E-state index in [-0.39, 0.29) is 27.4 Å². The minimum atomic E-state index is -0.855. The first-order valence-corrected chi connectivity index (χ1v) is 7.86. The molecule has 0 radical (unpaired) electrons. The van der Waals surface area contributed by atoms with Crippen LogP contribution in [-0.4, -0.2) is 26.4 Å². The fraction of sp³-hybridized carbons (Fsp3) is 0.188. The molecule has 0 saturated heterocycles. The van der Waals surface area contributed by atoms with Gasteiger partial charge in [-0.2, -0.15) is 0 Å². The van der Waals surface area contributed by atoms with Crippen LogP contribution in [-0.2, 0) is 4.74 Å². The van der Waals surface area contributed by atoms with Gasteiger partial charge >= 0.3 is 6.16 Å². The second-order valence-corrected chi connectivity index (χ2v) is 5.88. The topological polar surface area (TPSA) is 38.8 Å². The quantitative estimate of drug-likeness (QED) is 0.404. The van der Waals surface area contributed by atoms with Crippen molar-refractivity contribution in [3.63, 3.8) is 0 Å². The Morgan fingerprint density at radius 2 is 1.70 bits per heavy atom. The molecule has 0 aromatic heterocycles. The van der Waals surface area contributed by atoms with Crippen molar-refractivity contribution in [3.05, 3.63) is 57.5 Å². The highest BCUT2D eigenvalue weighted by atomic mass is 35.5. The first-order valence-electron chi connectivity index (χ1n) is 6.72. The lowest BCUT2D eigenvalue weighted by Gasteiger charge is -2.18. The third-order valence-corrected chi connectivity index (χ3v) is 4.03. The Bertz CT molecular complexity index is 680. The van der Waals surface area contributed by atoms with Crippen molar-refractivity contribution in [2.45, 2.75) is 0 Å². The first-order chi connectivity index (χ1) is 11.0. The number of rotatable bonds is 5. The number of carbonyl (C=O) groups is 1. The molecular weight excluding hydrogens is 361 g/mol. The first kappa shape index (κ1) is 17.7. The summed E-state index contributed by atoms with van der Waals surface area (Å²) in [6.07, 6.45) is -0.855. The van der Waals surface area contributed by atoms with Gasteiger partial charge < -0.3 is 14.4 Å². The van der Waals surface area contributed by atoms with E-state index in [1.165, 1.54) is 12.1 Å². The number of para-hydroxylation sites is 1. The highest BCUT2D eigenvalue weighted by Gasteiger charge is 2.13. The third kappa shape index (κ3) is 5.20. The van der Waals surface area contributed by atoms with Gasteiger partial charge in [0.15, 0.2) is 5.75 Å². The molecule has 0 atom stereocenters. The molecule has 122 valence electrons. The van der Waals surface area contributed by atoms with Gasteiger partial charge in [-0.1, -0.05) is 53.0 Å². The van der Waals surface area contributed by atoms with E-state index in [0.29, 0.717) is 6.54 Å². The monoisotopic (exact) mass is 373 g/mol. The summed E-state index contributed by atoms with van der Waals surface area (Å²) in [6, 6.07) is 12.5. The molecule has 0 aliphatic carbocycles. The Kier molecular flexibility index (Phi) is 6.39. The van der Waals surface area contributed by atoms with Gasteiger partial charge in [0, 0.05) is 18.8 Å². The number of halogens is 3. The summed E-state index contributed by atoms with van der Waals surface area (Å²) in [4.78, 5) is 13.6. The van der Waals surface area contributed by atoms with Crippen LogP contribution in [0, 0.1) is 0 Å². The number of nitrogens with zero attached hydrogens (tertiary/aromatic N) is 1. The Morgan fingerprint density at radius 1 is 1.04 bits per heavy atom. The molecule has 2 rings (SSSR count). The predicted octanol–water partition coefficient (Wildman–Crippen LogP) is 5.30. The van der Waals surface area contributed by atoms with Crippen LogP contribution in [0.4, 0.5) is 10.5 Å². The standard InChI is InChI=1S/C16H14Cl3NO3/c1-20(11-5-3-2-4-6-11)7-8-22-16(21)23-15-10-13(18)12(17)9-14(15)19/h2-6,9-10H,7-8H2,1H3. The molecule has 7 heteroatoms. The van der Waals surface area contributed by atoms with Gasteiger partial charge in [-0.15, -0.1) is 0 Å². The van der Waals surface area contributed by atoms with Gasteiger partial charge in [-0.05, 0) is 18.2 Å². The molecule has 2 aromatic rings. The predicted molar refractivity (Wildman–Crippen MR) is 93.2 cm³/mol. The molecule has 2 aromatic carbocycles. The Morgan fingerprint density at radius 3 is 2.39 bits per heavy atom. The summed E-state index contributed by atoms with van der Waals surface area (Å²) in [6.45, 7) is 0.692. The third-order valence-electron chi connectivity index (χ3n) is 3.01. The van der Waals surface area contributed by atoms with E-state index in [2.05, 4.69) is 0 Å². The highest BCUT2D eigenvalue weighted by molar-refractivity contribution is 6.43. The molecular formula is C16H14Cl3NO3. The fourth-order valence-corrected chi connectivity index (χ4v) is 2.35. The van der Waals surface area contributed by atoms with Gasteiger partial charge in [-0.25, -0.2) is 4.79 Å². The highest BCUT2D eigenvalue weighted by Crippen LogP contribution is 2.33. The van der Waals surface area contributed by atoms with Gasteiger partial charge in [0.05, 0.1) is 21.6 Å². The maximum Gasteiger partial charge on any atom is 0.513 e. The summed E-state index contributed by atoms with van der Waals surface area (Å²) < 4.78 is 10.0. The van der Waals surface area contributed by atoms with Crippen molar-refractivity contribution in [2.24, 2.45) is 0 Å². The van der Waals surface area contributed by atoms with E-state index in [9.17, 15) is 4.79 Å². The summed E-state index contributed by atoms with van der Waals surface area (Å²) in [5, 5.41) is 0.697. The lowest BCUT2D eigenvalue weighted by Crippen LogP contribution is -2.24. The Hall–Kier alpha value is -1.62. The zero-order chi connectivity index (χ0) is 16.8. The van der Waals surface area contributed by atoms with Gasteiger partial charge in [0.2, 0.25) is 0 Å². The number of likely N-dealkylation sites (N-methyl/N-ethyl adjacent to an activating group) is 1. The van der Waals surface area contributed by atoms with Crippen LogP contribution >= 0.6 is 34.8 Å². The van der Waals surface area contributed by atoms with E-state index in [1.54, 1.807) is 0 Å². The van der Waals surface area contributed by atoms with Gasteiger partial charge in [0.1, 0.15) is 6.61 Å². The number of ether oxygens (including phenoxy) is 2. The number of carbonyl (C=O) groups excluding carboxylic acids is 1. The van der Waals surface area contributed by atoms with E-state index in [0.717, 1.165) is 5.69 Å². The van der Waals surface area contributed by atoms with Gasteiger partial charge in [0.25, 0.3) is 0 Å². The lowest BCUT2D eigenvalue weighted by molar-refractivity contribution is 0.102. The number of benzene rings is 2. The summed E-state index contributed by atoms with van der Waals surface area (Å²) in [7, 11) is 1.90. The van der Waals surface area contributed by atoms with Crippen LogP contribution in [0.15, 0.2) is 42.5 Å². The summed E-state index contributed by atoms with van der Waals surface area (Å²) in [5.41, 5.74) is 1.02. The molecule has 0 unspecified atom stereocenters. The minimum absolute atomic E-state index is 0.0995. The number of hydrogen-bond acceptors (Lipinski definition) is 4. The van der Waals surface area contributed by atoms with Crippen LogP contribution in [0.3, 0.4) is 0 Å². The maximum absolute atomic E-state index is 11.7. The summed E-state index contributed by atoms with van der Waals surface area (Å²) >= 11 is 17.6. The van der Waals surface area contributed by atoms with E-state index >= 15 is 0 Å². The average molecular weight is 375 g/mol. The average Bonchev–Trinajstić information content (AvgIpc) is 2.53. The number of hydrogen-bond donors (Lipinski definition) is 0. The molecule has 0 aliphatic heterocycles. The Balaban J connectivity index is 1.83. The zero-order valence-corrected chi connectivity index (χ0v) is 14.5. The van der Waals surface area contributed by atoms with Crippen molar-refractivity contribution >= 4 is 46.6 Å². The van der Waals surface area contributed by atoms with Crippen LogP contribution in [0.2, 0.25) is 15.1 Å². The minimum Gasteiger partial charge on any atom is -0.432 e. The molecule has 0 bridgehead atoms. The van der Waals surface area contributed by atoms with Crippen LogP contribution in [0.25, 0.3) is 0 Å². The maximum atomic E-state index is 11.7. The van der Waals surface area contributed by atoms with Crippen molar-refractivity contribution in [2.75, 3.05) is 25.1 Å². The zero-order valence-electron chi connectivity index (χ0n) is 12.3. The Labute approximate surface area is 149 Å². The van der Waals surface area contributed by atoms with E-state index < -0.39 is 6.16 Å². The van der Waals surface area contributed by atoms with E-state index in [4.69, 9.17) is 44.3 Å². The van der Waals surface area contributed by atoms with Crippen molar-refractivity contribution in [3.8, 4) is 5.75 Å². The normalized spacial score (nSPS) is 10.3. The second-order valence-electron chi connectivity index (χ2n) is 4.65. The molecule has 0 spiro atoms. The molecule has 0 fully saturated rings. The van der Waals surface area contributed by atoms with Gasteiger partial charge in [-0.3, -0.25) is 0 Å². The second kappa shape index (κ2) is 8.29. The largest absolute Gasteiger partial charge is 0.513 e. The van der Waals surface area contributed by atoms with Crippen LogP contribution < -0.4 is 9.64 Å². The summed E-state index contributed by atoms with van der Waals surface area (Å²) in [5.74, 6) is 0.0995. The molecule has 0 N–H and O–H groups in total. The molecule has 0 saturated carbocycles. The molecule has 4 nitrogen and oxygen atoms in total. The van der Waals surface area contributed by atoms with Crippen molar-refractivity contribution < 1.29 is 14.3 Å². The van der Waals surface area contributed by atoms with Crippen LogP contribution in [0.5, 0.6) is 5.75 Å². The molecule has 23 heavy (non-hydrogen) atoms. The molecule has 0 amide bonds. The number of anilines is 1. The molecule has 0 heterocycles. The van der Waals surface area contributed by atoms with Crippen LogP contribution in [0.1, 0.15) is 0 Å². The SMILES string of the molecule is CN(CCOC(=O)Oc1cc(Cl)c(Cl)cc1Cl)c1ccccc1. The van der Waals surface area contributed by atoms with Crippen molar-refractivity contribution in [1.82, 2.24) is 0 Å². The van der Waals surface area contributed by atoms with Crippen molar-refractivity contribution in [1.29, 1.82) is 0 Å².